The number of rotatable bonds is 3. The third-order valence-electron chi connectivity index (χ3n) is 4.52. The Labute approximate surface area is 121 Å². The second-order valence-electron chi connectivity index (χ2n) is 5.74. The summed E-state index contributed by atoms with van der Waals surface area (Å²) >= 11 is 0. The van der Waals surface area contributed by atoms with Crippen molar-refractivity contribution >= 4 is 15.5 Å². The lowest BCUT2D eigenvalue weighted by molar-refractivity contribution is 0.340. The van der Waals surface area contributed by atoms with Crippen LogP contribution < -0.4 is 10.2 Å². The molecule has 4 nitrogen and oxygen atoms in total. The summed E-state index contributed by atoms with van der Waals surface area (Å²) in [6, 6.07) is 7.94. The number of nitrogens with one attached hydrogen (secondary N) is 1. The third-order valence-corrected chi connectivity index (χ3v) is 6.30. The van der Waals surface area contributed by atoms with E-state index in [4.69, 9.17) is 0 Å². The van der Waals surface area contributed by atoms with Crippen molar-refractivity contribution in [3.63, 3.8) is 0 Å². The molecular formula is C15H22N2O2S. The van der Waals surface area contributed by atoms with E-state index in [0.717, 1.165) is 25.3 Å². The average molecular weight is 294 g/mol. The van der Waals surface area contributed by atoms with Crippen molar-refractivity contribution in [1.82, 2.24) is 5.32 Å². The number of benzene rings is 1. The number of anilines is 1. The van der Waals surface area contributed by atoms with Crippen LogP contribution in [0.25, 0.3) is 0 Å². The van der Waals surface area contributed by atoms with Crippen molar-refractivity contribution in [1.29, 1.82) is 0 Å². The molecule has 110 valence electrons. The molecule has 0 amide bonds. The highest BCUT2D eigenvalue weighted by atomic mass is 32.2. The van der Waals surface area contributed by atoms with E-state index in [2.05, 4.69) is 10.2 Å². The largest absolute Gasteiger partial charge is 0.369 e. The molecule has 0 saturated carbocycles. The molecule has 2 aliphatic rings. The number of hydrogen-bond acceptors (Lipinski definition) is 4. The monoisotopic (exact) mass is 294 g/mol. The predicted octanol–water partition coefficient (Wildman–Crippen LogP) is 1.67. The molecule has 2 saturated heterocycles. The van der Waals surface area contributed by atoms with Crippen LogP contribution in [0.15, 0.2) is 29.2 Å². The van der Waals surface area contributed by atoms with E-state index in [1.807, 2.05) is 18.2 Å². The second-order valence-corrected chi connectivity index (χ2v) is 7.99. The molecule has 20 heavy (non-hydrogen) atoms. The Morgan fingerprint density at radius 3 is 2.85 bits per heavy atom. The second kappa shape index (κ2) is 5.37. The maximum absolute atomic E-state index is 12.3. The molecule has 0 radical (unpaired) electrons. The minimum Gasteiger partial charge on any atom is -0.369 e. The van der Waals surface area contributed by atoms with Gasteiger partial charge in [0.05, 0.1) is 16.3 Å². The van der Waals surface area contributed by atoms with E-state index in [1.54, 1.807) is 13.0 Å². The van der Waals surface area contributed by atoms with Crippen LogP contribution in [0.4, 0.5) is 5.69 Å². The number of piperidine rings is 1. The lowest BCUT2D eigenvalue weighted by Gasteiger charge is -2.24. The Balaban J connectivity index is 1.92. The maximum atomic E-state index is 12.3. The van der Waals surface area contributed by atoms with Crippen molar-refractivity contribution in [2.24, 2.45) is 5.92 Å². The van der Waals surface area contributed by atoms with E-state index in [9.17, 15) is 8.42 Å². The van der Waals surface area contributed by atoms with Gasteiger partial charge in [0.1, 0.15) is 0 Å². The van der Waals surface area contributed by atoms with Crippen LogP contribution in [-0.2, 0) is 9.84 Å². The van der Waals surface area contributed by atoms with Gasteiger partial charge in [-0.05, 0) is 37.4 Å². The number of hydrogen-bond donors (Lipinski definition) is 1. The van der Waals surface area contributed by atoms with Gasteiger partial charge < -0.3 is 10.2 Å². The molecule has 1 N–H and O–H groups in total. The van der Waals surface area contributed by atoms with Crippen molar-refractivity contribution in [2.45, 2.75) is 30.7 Å². The third kappa shape index (κ3) is 2.44. The average Bonchev–Trinajstić information content (AvgIpc) is 2.91. The van der Waals surface area contributed by atoms with E-state index in [-0.39, 0.29) is 5.75 Å². The summed E-state index contributed by atoms with van der Waals surface area (Å²) in [5.74, 6) is 0.810. The molecule has 0 unspecified atom stereocenters. The standard InChI is InChI=1S/C15H22N2O2S/c1-2-20(18,19)15-8-4-3-7-14(15)17-10-12-6-5-9-16-13(12)11-17/h3-4,7-8,12-13,16H,2,5-6,9-11H2,1H3/t12-,13+/m0/s1. The molecule has 0 bridgehead atoms. The molecule has 3 rings (SSSR count). The summed E-state index contributed by atoms with van der Waals surface area (Å²) in [4.78, 5) is 2.73. The first-order valence-corrected chi connectivity index (χ1v) is 9.07. The fourth-order valence-electron chi connectivity index (χ4n) is 3.38. The van der Waals surface area contributed by atoms with Gasteiger partial charge in [-0.25, -0.2) is 8.42 Å². The van der Waals surface area contributed by atoms with Gasteiger partial charge in [0.2, 0.25) is 0 Å². The molecular weight excluding hydrogens is 272 g/mol. The quantitative estimate of drug-likeness (QED) is 0.921. The highest BCUT2D eigenvalue weighted by Gasteiger charge is 2.35. The summed E-state index contributed by atoms with van der Waals surface area (Å²) < 4.78 is 24.5. The molecule has 0 spiro atoms. The van der Waals surface area contributed by atoms with Gasteiger partial charge in [0.15, 0.2) is 9.84 Å². The van der Waals surface area contributed by atoms with E-state index in [0.29, 0.717) is 16.9 Å². The summed E-state index contributed by atoms with van der Waals surface area (Å²) in [6.07, 6.45) is 2.47. The molecule has 0 aliphatic carbocycles. The first-order chi connectivity index (χ1) is 9.62. The smallest absolute Gasteiger partial charge is 0.180 e. The Morgan fingerprint density at radius 2 is 2.10 bits per heavy atom. The van der Waals surface area contributed by atoms with Crippen LogP contribution in [0.3, 0.4) is 0 Å². The van der Waals surface area contributed by atoms with E-state index < -0.39 is 9.84 Å². The van der Waals surface area contributed by atoms with Gasteiger partial charge in [-0.1, -0.05) is 19.1 Å². The normalized spacial score (nSPS) is 26.6. The minimum absolute atomic E-state index is 0.156. The summed E-state index contributed by atoms with van der Waals surface area (Å²) in [5.41, 5.74) is 0.880. The van der Waals surface area contributed by atoms with Crippen molar-refractivity contribution < 1.29 is 8.42 Å². The van der Waals surface area contributed by atoms with E-state index in [1.165, 1.54) is 12.8 Å². The predicted molar refractivity (Wildman–Crippen MR) is 80.9 cm³/mol. The van der Waals surface area contributed by atoms with Crippen LogP contribution in [-0.4, -0.2) is 39.8 Å². The topological polar surface area (TPSA) is 49.4 Å². The van der Waals surface area contributed by atoms with Gasteiger partial charge in [-0.3, -0.25) is 0 Å². The Bertz CT molecular complexity index is 571. The molecule has 0 aromatic heterocycles. The Kier molecular flexibility index (Phi) is 3.73. The van der Waals surface area contributed by atoms with Crippen molar-refractivity contribution in [3.05, 3.63) is 24.3 Å². The lowest BCUT2D eigenvalue weighted by Crippen LogP contribution is -2.40. The highest BCUT2D eigenvalue weighted by Crippen LogP contribution is 2.33. The van der Waals surface area contributed by atoms with Crippen LogP contribution in [0.1, 0.15) is 19.8 Å². The number of nitrogens with zero attached hydrogens (tertiary/aromatic N) is 1. The summed E-state index contributed by atoms with van der Waals surface area (Å²) in [6.45, 7) is 4.68. The van der Waals surface area contributed by atoms with Crippen LogP contribution in [0.2, 0.25) is 0 Å². The molecule has 1 aromatic carbocycles. The molecule has 2 heterocycles. The van der Waals surface area contributed by atoms with Crippen LogP contribution in [0, 0.1) is 5.92 Å². The fraction of sp³-hybridized carbons (Fsp3) is 0.600. The Morgan fingerprint density at radius 1 is 1.30 bits per heavy atom. The zero-order valence-electron chi connectivity index (χ0n) is 11.9. The highest BCUT2D eigenvalue weighted by molar-refractivity contribution is 7.91. The summed E-state index contributed by atoms with van der Waals surface area (Å²) in [5, 5.41) is 3.56. The number of para-hydroxylation sites is 1. The van der Waals surface area contributed by atoms with Gasteiger partial charge in [-0.15, -0.1) is 0 Å². The number of sulfone groups is 1. The lowest BCUT2D eigenvalue weighted by atomic mass is 9.94. The zero-order valence-corrected chi connectivity index (χ0v) is 12.7. The van der Waals surface area contributed by atoms with Gasteiger partial charge in [-0.2, -0.15) is 0 Å². The molecule has 2 aliphatic heterocycles. The number of fused-ring (bicyclic) bond motifs is 1. The SMILES string of the molecule is CCS(=O)(=O)c1ccccc1N1C[C@@H]2CCCN[C@@H]2C1. The maximum Gasteiger partial charge on any atom is 0.180 e. The fourth-order valence-corrected chi connectivity index (χ4v) is 4.49. The van der Waals surface area contributed by atoms with Crippen LogP contribution in [0.5, 0.6) is 0 Å². The van der Waals surface area contributed by atoms with E-state index >= 15 is 0 Å². The van der Waals surface area contributed by atoms with Gasteiger partial charge in [0.25, 0.3) is 0 Å². The Hall–Kier alpha value is -1.07. The molecule has 1 aromatic rings. The van der Waals surface area contributed by atoms with Gasteiger partial charge >= 0.3 is 0 Å². The first kappa shape index (κ1) is 13.9. The van der Waals surface area contributed by atoms with Crippen molar-refractivity contribution in [2.75, 3.05) is 30.3 Å². The zero-order chi connectivity index (χ0) is 14.2. The molecule has 5 heteroatoms. The molecule has 2 atom stereocenters. The minimum atomic E-state index is -3.16. The molecule has 2 fully saturated rings. The van der Waals surface area contributed by atoms with Gasteiger partial charge in [0, 0.05) is 19.1 Å². The van der Waals surface area contributed by atoms with Crippen molar-refractivity contribution in [3.8, 4) is 0 Å². The summed E-state index contributed by atoms with van der Waals surface area (Å²) in [7, 11) is -3.16. The first-order valence-electron chi connectivity index (χ1n) is 7.42. The van der Waals surface area contributed by atoms with Crippen LogP contribution >= 0.6 is 0 Å².